The largest absolute Gasteiger partial charge is 0.399 e. The Labute approximate surface area is 121 Å². The predicted octanol–water partition coefficient (Wildman–Crippen LogP) is 1.88. The third-order valence-corrected chi connectivity index (χ3v) is 4.65. The Morgan fingerprint density at radius 1 is 1.10 bits per heavy atom. The third kappa shape index (κ3) is 2.91. The standard InChI is InChI=1S/C16H25N3O/c1-13-12-15(2-3-16(13)17)18-6-4-14(5-7-18)19-8-10-20-11-9-19/h2-3,12,14H,4-11,17H2,1H3. The summed E-state index contributed by atoms with van der Waals surface area (Å²) in [5.41, 5.74) is 9.28. The molecule has 0 bridgehead atoms. The first kappa shape index (κ1) is 13.7. The van der Waals surface area contributed by atoms with Crippen LogP contribution < -0.4 is 10.6 Å². The van der Waals surface area contributed by atoms with Crippen molar-refractivity contribution < 1.29 is 4.74 Å². The fourth-order valence-electron chi connectivity index (χ4n) is 3.29. The molecule has 2 saturated heterocycles. The van der Waals surface area contributed by atoms with Crippen molar-refractivity contribution >= 4 is 11.4 Å². The Bertz CT molecular complexity index is 449. The zero-order chi connectivity index (χ0) is 13.9. The smallest absolute Gasteiger partial charge is 0.0594 e. The van der Waals surface area contributed by atoms with Gasteiger partial charge in [-0.25, -0.2) is 0 Å². The van der Waals surface area contributed by atoms with Crippen LogP contribution in [0.25, 0.3) is 0 Å². The highest BCUT2D eigenvalue weighted by Gasteiger charge is 2.25. The summed E-state index contributed by atoms with van der Waals surface area (Å²) in [5, 5.41) is 0. The molecule has 0 aliphatic carbocycles. The molecule has 0 radical (unpaired) electrons. The van der Waals surface area contributed by atoms with Gasteiger partial charge in [-0.05, 0) is 43.5 Å². The van der Waals surface area contributed by atoms with Crippen molar-refractivity contribution in [1.29, 1.82) is 0 Å². The SMILES string of the molecule is Cc1cc(N2CCC(N3CCOCC3)CC2)ccc1N. The summed E-state index contributed by atoms with van der Waals surface area (Å²) in [5.74, 6) is 0. The van der Waals surface area contributed by atoms with Crippen molar-refractivity contribution in [2.45, 2.75) is 25.8 Å². The number of rotatable bonds is 2. The Hall–Kier alpha value is -1.26. The Morgan fingerprint density at radius 3 is 2.45 bits per heavy atom. The monoisotopic (exact) mass is 275 g/mol. The molecular weight excluding hydrogens is 250 g/mol. The van der Waals surface area contributed by atoms with E-state index < -0.39 is 0 Å². The van der Waals surface area contributed by atoms with Crippen LogP contribution in [0.3, 0.4) is 0 Å². The highest BCUT2D eigenvalue weighted by atomic mass is 16.5. The second-order valence-electron chi connectivity index (χ2n) is 5.91. The van der Waals surface area contributed by atoms with E-state index in [0.717, 1.165) is 51.1 Å². The molecule has 2 heterocycles. The van der Waals surface area contributed by atoms with E-state index in [2.05, 4.69) is 28.9 Å². The average Bonchev–Trinajstić information content (AvgIpc) is 2.51. The van der Waals surface area contributed by atoms with Crippen molar-refractivity contribution in [2.75, 3.05) is 50.0 Å². The molecule has 0 saturated carbocycles. The van der Waals surface area contributed by atoms with E-state index in [9.17, 15) is 0 Å². The number of nitrogens with zero attached hydrogens (tertiary/aromatic N) is 2. The summed E-state index contributed by atoms with van der Waals surface area (Å²) in [6.45, 7) is 8.38. The fraction of sp³-hybridized carbons (Fsp3) is 0.625. The molecule has 0 unspecified atom stereocenters. The number of benzene rings is 1. The zero-order valence-electron chi connectivity index (χ0n) is 12.3. The van der Waals surface area contributed by atoms with Crippen molar-refractivity contribution in [1.82, 2.24) is 4.90 Å². The van der Waals surface area contributed by atoms with E-state index in [1.807, 2.05) is 6.07 Å². The minimum atomic E-state index is 0.741. The van der Waals surface area contributed by atoms with Gasteiger partial charge in [0, 0.05) is 43.6 Å². The van der Waals surface area contributed by atoms with Crippen molar-refractivity contribution in [3.05, 3.63) is 23.8 Å². The Balaban J connectivity index is 1.58. The van der Waals surface area contributed by atoms with Gasteiger partial charge >= 0.3 is 0 Å². The normalized spacial score (nSPS) is 22.1. The average molecular weight is 275 g/mol. The van der Waals surface area contributed by atoms with Crippen molar-refractivity contribution in [3.8, 4) is 0 Å². The van der Waals surface area contributed by atoms with Gasteiger partial charge in [-0.1, -0.05) is 0 Å². The Morgan fingerprint density at radius 2 is 1.80 bits per heavy atom. The van der Waals surface area contributed by atoms with E-state index in [0.29, 0.717) is 0 Å². The molecule has 0 amide bonds. The first-order chi connectivity index (χ1) is 9.74. The van der Waals surface area contributed by atoms with Crippen LogP contribution in [0.1, 0.15) is 18.4 Å². The van der Waals surface area contributed by atoms with Crippen molar-refractivity contribution in [3.63, 3.8) is 0 Å². The molecule has 0 atom stereocenters. The van der Waals surface area contributed by atoms with Crippen LogP contribution >= 0.6 is 0 Å². The fourth-order valence-corrected chi connectivity index (χ4v) is 3.29. The maximum Gasteiger partial charge on any atom is 0.0594 e. The van der Waals surface area contributed by atoms with Gasteiger partial charge in [0.1, 0.15) is 0 Å². The molecule has 4 heteroatoms. The third-order valence-electron chi connectivity index (χ3n) is 4.65. The number of hydrogen-bond donors (Lipinski definition) is 1. The lowest BCUT2D eigenvalue weighted by atomic mass is 10.0. The van der Waals surface area contributed by atoms with Gasteiger partial charge in [-0.3, -0.25) is 4.90 Å². The number of morpholine rings is 1. The van der Waals surface area contributed by atoms with E-state index in [4.69, 9.17) is 10.5 Å². The van der Waals surface area contributed by atoms with Crippen molar-refractivity contribution in [2.24, 2.45) is 0 Å². The second kappa shape index (κ2) is 6.02. The highest BCUT2D eigenvalue weighted by molar-refractivity contribution is 5.58. The summed E-state index contributed by atoms with van der Waals surface area (Å²) in [6.07, 6.45) is 2.51. The minimum absolute atomic E-state index is 0.741. The van der Waals surface area contributed by atoms with E-state index >= 15 is 0 Å². The molecule has 0 spiro atoms. The van der Waals surface area contributed by atoms with Gasteiger partial charge in [-0.15, -0.1) is 0 Å². The van der Waals surface area contributed by atoms with Crippen LogP contribution in [0.15, 0.2) is 18.2 Å². The molecule has 2 N–H and O–H groups in total. The van der Waals surface area contributed by atoms with Crippen LogP contribution in [0.5, 0.6) is 0 Å². The first-order valence-electron chi connectivity index (χ1n) is 7.67. The molecule has 2 aliphatic rings. The molecule has 2 aliphatic heterocycles. The molecule has 2 fully saturated rings. The lowest BCUT2D eigenvalue weighted by molar-refractivity contribution is 0.0115. The lowest BCUT2D eigenvalue weighted by Crippen LogP contribution is -2.49. The number of piperidine rings is 1. The van der Waals surface area contributed by atoms with Crippen LogP contribution in [0, 0.1) is 6.92 Å². The summed E-state index contributed by atoms with van der Waals surface area (Å²) in [7, 11) is 0. The molecule has 1 aromatic carbocycles. The van der Waals surface area contributed by atoms with Crippen LogP contribution in [0.2, 0.25) is 0 Å². The number of hydrogen-bond acceptors (Lipinski definition) is 4. The first-order valence-corrected chi connectivity index (χ1v) is 7.67. The van der Waals surface area contributed by atoms with E-state index in [-0.39, 0.29) is 0 Å². The second-order valence-corrected chi connectivity index (χ2v) is 5.91. The molecule has 3 rings (SSSR count). The topological polar surface area (TPSA) is 41.7 Å². The van der Waals surface area contributed by atoms with Crippen LogP contribution in [-0.2, 0) is 4.74 Å². The van der Waals surface area contributed by atoms with Crippen LogP contribution in [0.4, 0.5) is 11.4 Å². The molecule has 0 aromatic heterocycles. The molecular formula is C16H25N3O. The maximum atomic E-state index is 5.90. The summed E-state index contributed by atoms with van der Waals surface area (Å²) < 4.78 is 5.44. The molecule has 1 aromatic rings. The van der Waals surface area contributed by atoms with Gasteiger partial charge in [0.15, 0.2) is 0 Å². The van der Waals surface area contributed by atoms with Crippen LogP contribution in [-0.4, -0.2) is 50.3 Å². The van der Waals surface area contributed by atoms with Gasteiger partial charge < -0.3 is 15.4 Å². The van der Waals surface area contributed by atoms with Gasteiger partial charge in [0.25, 0.3) is 0 Å². The maximum absolute atomic E-state index is 5.90. The van der Waals surface area contributed by atoms with E-state index in [1.54, 1.807) is 0 Å². The minimum Gasteiger partial charge on any atom is -0.399 e. The van der Waals surface area contributed by atoms with E-state index in [1.165, 1.54) is 24.1 Å². The number of aryl methyl sites for hydroxylation is 1. The Kier molecular flexibility index (Phi) is 4.13. The molecule has 4 nitrogen and oxygen atoms in total. The predicted molar refractivity (Wildman–Crippen MR) is 83.2 cm³/mol. The number of nitrogens with two attached hydrogens (primary N) is 1. The summed E-state index contributed by atoms with van der Waals surface area (Å²) in [6, 6.07) is 7.13. The van der Waals surface area contributed by atoms with Gasteiger partial charge in [-0.2, -0.15) is 0 Å². The summed E-state index contributed by atoms with van der Waals surface area (Å²) >= 11 is 0. The number of anilines is 2. The number of nitrogen functional groups attached to an aromatic ring is 1. The summed E-state index contributed by atoms with van der Waals surface area (Å²) in [4.78, 5) is 5.10. The zero-order valence-corrected chi connectivity index (χ0v) is 12.3. The van der Waals surface area contributed by atoms with Gasteiger partial charge in [0.2, 0.25) is 0 Å². The molecule has 110 valence electrons. The quantitative estimate of drug-likeness (QED) is 0.837. The number of ether oxygens (including phenoxy) is 1. The van der Waals surface area contributed by atoms with Gasteiger partial charge in [0.05, 0.1) is 13.2 Å². The lowest BCUT2D eigenvalue weighted by Gasteiger charge is -2.40. The molecule has 20 heavy (non-hydrogen) atoms. The highest BCUT2D eigenvalue weighted by Crippen LogP contribution is 2.25.